The lowest BCUT2D eigenvalue weighted by Crippen LogP contribution is -2.19. The summed E-state index contributed by atoms with van der Waals surface area (Å²) in [4.78, 5) is 28.0. The van der Waals surface area contributed by atoms with Gasteiger partial charge < -0.3 is 14.4 Å². The minimum atomic E-state index is -3.44. The molecule has 2 aromatic carbocycles. The van der Waals surface area contributed by atoms with E-state index in [2.05, 4.69) is 10.3 Å². The van der Waals surface area contributed by atoms with E-state index in [1.165, 1.54) is 13.8 Å². The van der Waals surface area contributed by atoms with Gasteiger partial charge in [0.2, 0.25) is 0 Å². The van der Waals surface area contributed by atoms with Gasteiger partial charge in [-0.15, -0.1) is 0 Å². The molecule has 2 aromatic rings. The third-order valence-electron chi connectivity index (χ3n) is 4.07. The van der Waals surface area contributed by atoms with Crippen LogP contribution in [0.4, 0.5) is 11.4 Å². The van der Waals surface area contributed by atoms with Crippen molar-refractivity contribution in [3.05, 3.63) is 59.7 Å². The molecule has 2 rings (SSSR count). The van der Waals surface area contributed by atoms with Gasteiger partial charge in [0.15, 0.2) is 11.6 Å². The van der Waals surface area contributed by atoms with Crippen LogP contribution in [0.5, 0.6) is 0 Å². The van der Waals surface area contributed by atoms with E-state index >= 15 is 0 Å². The molecule has 1 N–H and O–H groups in total. The highest BCUT2D eigenvalue weighted by Crippen LogP contribution is 2.48. The van der Waals surface area contributed by atoms with Crippen molar-refractivity contribution in [2.45, 2.75) is 27.7 Å². The zero-order valence-electron chi connectivity index (χ0n) is 17.7. The van der Waals surface area contributed by atoms with Gasteiger partial charge in [0.1, 0.15) is 12.0 Å². The van der Waals surface area contributed by atoms with Crippen molar-refractivity contribution in [1.82, 2.24) is 0 Å². The van der Waals surface area contributed by atoms with Crippen LogP contribution in [-0.2, 0) is 13.6 Å². The van der Waals surface area contributed by atoms with E-state index in [4.69, 9.17) is 9.05 Å². The third-order valence-corrected chi connectivity index (χ3v) is 6.06. The molecule has 0 radical (unpaired) electrons. The van der Waals surface area contributed by atoms with E-state index < -0.39 is 7.60 Å². The van der Waals surface area contributed by atoms with Crippen LogP contribution in [0.2, 0.25) is 0 Å². The largest absolute Gasteiger partial charge is 0.343 e. The zero-order chi connectivity index (χ0) is 22.1. The van der Waals surface area contributed by atoms with Gasteiger partial charge in [-0.2, -0.15) is 0 Å². The summed E-state index contributed by atoms with van der Waals surface area (Å²) in [5, 5.41) is 3.12. The molecule has 7 nitrogen and oxygen atoms in total. The second-order valence-electron chi connectivity index (χ2n) is 6.53. The first-order valence-corrected chi connectivity index (χ1v) is 11.4. The normalized spacial score (nSPS) is 11.9. The number of rotatable bonds is 10. The molecule has 0 aliphatic rings. The van der Waals surface area contributed by atoms with Gasteiger partial charge in [0, 0.05) is 16.8 Å². The monoisotopic (exact) mass is 430 g/mol. The summed E-state index contributed by atoms with van der Waals surface area (Å²) in [5.41, 5.74) is 2.19. The second kappa shape index (κ2) is 11.0. The Bertz CT molecular complexity index is 977. The Labute approximate surface area is 177 Å². The minimum Gasteiger partial charge on any atom is -0.343 e. The van der Waals surface area contributed by atoms with E-state index in [1.807, 2.05) is 0 Å². The fraction of sp³-hybridized carbons (Fsp3) is 0.318. The molecule has 0 saturated heterocycles. The maximum Gasteiger partial charge on any atom is 0.338 e. The first-order valence-electron chi connectivity index (χ1n) is 9.71. The predicted molar refractivity (Wildman–Crippen MR) is 119 cm³/mol. The van der Waals surface area contributed by atoms with Crippen LogP contribution in [-0.4, -0.2) is 36.8 Å². The van der Waals surface area contributed by atoms with E-state index in [9.17, 15) is 14.2 Å². The average molecular weight is 430 g/mol. The van der Waals surface area contributed by atoms with Crippen LogP contribution in [0.25, 0.3) is 0 Å². The summed E-state index contributed by atoms with van der Waals surface area (Å²) in [5.74, 6) is 0.187. The molecule has 0 spiro atoms. The highest BCUT2D eigenvalue weighted by Gasteiger charge is 2.26. The smallest absolute Gasteiger partial charge is 0.338 e. The number of benzene rings is 2. The molecule has 30 heavy (non-hydrogen) atoms. The average Bonchev–Trinajstić information content (AvgIpc) is 2.68. The summed E-state index contributed by atoms with van der Waals surface area (Å²) in [6, 6.07) is 13.8. The topological polar surface area (TPSA) is 94.1 Å². The summed E-state index contributed by atoms with van der Waals surface area (Å²) in [6.07, 6.45) is -0.0940. The Hall–Kier alpha value is -2.60. The van der Waals surface area contributed by atoms with Crippen molar-refractivity contribution in [2.75, 3.05) is 24.7 Å². The van der Waals surface area contributed by atoms with Crippen molar-refractivity contribution in [3.8, 4) is 0 Å². The number of nitrogens with zero attached hydrogens (tertiary/aromatic N) is 1. The van der Waals surface area contributed by atoms with Crippen molar-refractivity contribution in [3.63, 3.8) is 0 Å². The number of Topliss-reactive ketones (excluding diaryl/α,β-unsaturated/α-hetero) is 2. The van der Waals surface area contributed by atoms with Gasteiger partial charge in [0.05, 0.1) is 18.9 Å². The lowest BCUT2D eigenvalue weighted by atomic mass is 10.1. The second-order valence-corrected chi connectivity index (χ2v) is 8.59. The molecule has 0 unspecified atom stereocenters. The van der Waals surface area contributed by atoms with Crippen LogP contribution in [0, 0.1) is 0 Å². The third kappa shape index (κ3) is 7.02. The zero-order valence-corrected chi connectivity index (χ0v) is 18.6. The number of hydrogen-bond donors (Lipinski definition) is 1. The predicted octanol–water partition coefficient (Wildman–Crippen LogP) is 5.50. The van der Waals surface area contributed by atoms with E-state index in [-0.39, 0.29) is 30.9 Å². The SMILES string of the molecule is CCOP(=O)(CC(=Nc1cccc(C(C)=O)c1)Nc1cccc(C(C)=O)c1)OCC. The molecule has 0 aliphatic heterocycles. The molecular weight excluding hydrogens is 403 g/mol. The maximum absolute atomic E-state index is 13.1. The molecule has 0 aliphatic carbocycles. The molecule has 0 bridgehead atoms. The summed E-state index contributed by atoms with van der Waals surface area (Å²) in [7, 11) is -3.44. The van der Waals surface area contributed by atoms with Crippen molar-refractivity contribution in [1.29, 1.82) is 0 Å². The van der Waals surface area contributed by atoms with E-state index in [1.54, 1.807) is 62.4 Å². The van der Waals surface area contributed by atoms with Crippen molar-refractivity contribution >= 4 is 36.4 Å². The minimum absolute atomic E-state index is 0.0689. The lowest BCUT2D eigenvalue weighted by Gasteiger charge is -2.19. The summed E-state index contributed by atoms with van der Waals surface area (Å²) >= 11 is 0. The first-order chi connectivity index (χ1) is 14.3. The van der Waals surface area contributed by atoms with Gasteiger partial charge >= 0.3 is 7.60 Å². The van der Waals surface area contributed by atoms with Crippen LogP contribution in [0.15, 0.2) is 53.5 Å². The highest BCUT2D eigenvalue weighted by atomic mass is 31.2. The molecule has 8 heteroatoms. The number of aliphatic imine (C=N–C) groups is 1. The lowest BCUT2D eigenvalue weighted by molar-refractivity contribution is 0.100. The number of hydrogen-bond acceptors (Lipinski definition) is 6. The molecule has 0 amide bonds. The molecule has 0 atom stereocenters. The number of nitrogens with one attached hydrogen (secondary N) is 1. The first kappa shape index (κ1) is 23.7. The van der Waals surface area contributed by atoms with Crippen molar-refractivity contribution in [2.24, 2.45) is 4.99 Å². The molecule has 0 heterocycles. The number of amidine groups is 1. The van der Waals surface area contributed by atoms with Crippen LogP contribution >= 0.6 is 7.60 Å². The Morgan fingerprint density at radius 2 is 1.50 bits per heavy atom. The number of ketones is 2. The molecule has 0 saturated carbocycles. The Kier molecular flexibility index (Phi) is 8.66. The Morgan fingerprint density at radius 3 is 2.07 bits per heavy atom. The van der Waals surface area contributed by atoms with E-state index in [0.29, 0.717) is 28.3 Å². The van der Waals surface area contributed by atoms with Gasteiger partial charge in [-0.05, 0) is 52.0 Å². The quantitative estimate of drug-likeness (QED) is 0.231. The summed E-state index contributed by atoms with van der Waals surface area (Å²) in [6.45, 7) is 6.90. The van der Waals surface area contributed by atoms with Crippen LogP contribution < -0.4 is 5.32 Å². The van der Waals surface area contributed by atoms with Gasteiger partial charge in [-0.3, -0.25) is 14.2 Å². The Morgan fingerprint density at radius 1 is 0.933 bits per heavy atom. The van der Waals surface area contributed by atoms with Gasteiger partial charge in [0.25, 0.3) is 0 Å². The molecule has 0 fully saturated rings. The molecule has 160 valence electrons. The number of anilines is 1. The standard InChI is InChI=1S/C22H27N2O5P/c1-5-28-30(27,29-6-2)15-22(23-20-11-7-9-18(13-20)16(3)25)24-21-12-8-10-19(14-21)17(4)26/h7-14H,5-6,15H2,1-4H3,(H,23,24). The fourth-order valence-electron chi connectivity index (χ4n) is 2.74. The van der Waals surface area contributed by atoms with Gasteiger partial charge in [-0.25, -0.2) is 4.99 Å². The van der Waals surface area contributed by atoms with Crippen LogP contribution in [0.1, 0.15) is 48.4 Å². The highest BCUT2D eigenvalue weighted by molar-refractivity contribution is 7.55. The fourth-order valence-corrected chi connectivity index (χ4v) is 4.30. The number of carbonyl (C=O) groups is 2. The van der Waals surface area contributed by atoms with Crippen LogP contribution in [0.3, 0.4) is 0 Å². The van der Waals surface area contributed by atoms with Crippen molar-refractivity contribution < 1.29 is 23.2 Å². The van der Waals surface area contributed by atoms with E-state index in [0.717, 1.165) is 0 Å². The summed E-state index contributed by atoms with van der Waals surface area (Å²) < 4.78 is 23.9. The number of carbonyl (C=O) groups excluding carboxylic acids is 2. The van der Waals surface area contributed by atoms with Gasteiger partial charge in [-0.1, -0.05) is 24.3 Å². The molecular formula is C22H27N2O5P. The Balaban J connectivity index is 2.45. The molecule has 0 aromatic heterocycles. The maximum atomic E-state index is 13.1.